The number of benzene rings is 1. The van der Waals surface area contributed by atoms with Gasteiger partial charge >= 0.3 is 0 Å². The van der Waals surface area contributed by atoms with E-state index in [2.05, 4.69) is 5.32 Å². The molecule has 80 valence electrons. The van der Waals surface area contributed by atoms with Crippen molar-refractivity contribution in [1.29, 1.82) is 0 Å². The van der Waals surface area contributed by atoms with Crippen LogP contribution in [0.4, 0.5) is 0 Å². The van der Waals surface area contributed by atoms with Gasteiger partial charge in [0.1, 0.15) is 12.0 Å². The van der Waals surface area contributed by atoms with Gasteiger partial charge in [-0.2, -0.15) is 0 Å². The van der Waals surface area contributed by atoms with Gasteiger partial charge in [-0.25, -0.2) is 0 Å². The molecule has 0 saturated carbocycles. The van der Waals surface area contributed by atoms with E-state index < -0.39 is 0 Å². The summed E-state index contributed by atoms with van der Waals surface area (Å²) in [6.07, 6.45) is 1.10. The summed E-state index contributed by atoms with van der Waals surface area (Å²) in [5.74, 6) is 0.439. The minimum atomic E-state index is -0.198. The van der Waals surface area contributed by atoms with E-state index in [0.717, 1.165) is 6.29 Å². The van der Waals surface area contributed by atoms with Crippen molar-refractivity contribution in [3.05, 3.63) is 29.8 Å². The number of aldehydes is 1. The average Bonchev–Trinajstić information content (AvgIpc) is 2.29. The maximum Gasteiger partial charge on any atom is 0.251 e. The van der Waals surface area contributed by atoms with E-state index in [1.807, 2.05) is 0 Å². The van der Waals surface area contributed by atoms with Crippen LogP contribution in [0.15, 0.2) is 24.3 Å². The molecule has 0 saturated heterocycles. The Hall–Kier alpha value is -1.84. The van der Waals surface area contributed by atoms with Crippen LogP contribution in [-0.2, 0) is 4.79 Å². The second-order valence-corrected chi connectivity index (χ2v) is 2.94. The minimum Gasteiger partial charge on any atom is -0.497 e. The molecule has 4 nitrogen and oxygen atoms in total. The van der Waals surface area contributed by atoms with Gasteiger partial charge in [-0.15, -0.1) is 0 Å². The molecule has 0 atom stereocenters. The van der Waals surface area contributed by atoms with Crippen molar-refractivity contribution in [3.63, 3.8) is 0 Å². The highest BCUT2D eigenvalue weighted by atomic mass is 16.5. The topological polar surface area (TPSA) is 55.4 Å². The van der Waals surface area contributed by atoms with E-state index in [0.29, 0.717) is 24.3 Å². The Balaban J connectivity index is 2.60. The molecule has 0 unspecified atom stereocenters. The smallest absolute Gasteiger partial charge is 0.251 e. The Morgan fingerprint density at radius 3 is 3.00 bits per heavy atom. The van der Waals surface area contributed by atoms with Crippen LogP contribution in [0.25, 0.3) is 0 Å². The van der Waals surface area contributed by atoms with Gasteiger partial charge in [-0.3, -0.25) is 4.79 Å². The summed E-state index contributed by atoms with van der Waals surface area (Å²) < 4.78 is 4.99. The standard InChI is InChI=1S/C11H13NO3/c1-15-10-5-2-4-9(8-10)11(14)12-6-3-7-13/h2,4-5,7-8H,3,6H2,1H3,(H,12,14). The van der Waals surface area contributed by atoms with Gasteiger partial charge < -0.3 is 14.8 Å². The zero-order valence-electron chi connectivity index (χ0n) is 8.53. The van der Waals surface area contributed by atoms with Crippen molar-refractivity contribution < 1.29 is 14.3 Å². The zero-order chi connectivity index (χ0) is 11.1. The number of rotatable bonds is 5. The number of hydrogen-bond acceptors (Lipinski definition) is 3. The van der Waals surface area contributed by atoms with Gasteiger partial charge in [-0.1, -0.05) is 6.07 Å². The van der Waals surface area contributed by atoms with Crippen LogP contribution in [0.1, 0.15) is 16.8 Å². The third-order valence-electron chi connectivity index (χ3n) is 1.88. The number of hydrogen-bond donors (Lipinski definition) is 1. The molecule has 1 rings (SSSR count). The fourth-order valence-electron chi connectivity index (χ4n) is 1.11. The van der Waals surface area contributed by atoms with Crippen LogP contribution < -0.4 is 10.1 Å². The summed E-state index contributed by atoms with van der Waals surface area (Å²) in [4.78, 5) is 21.6. The predicted octanol–water partition coefficient (Wildman–Crippen LogP) is 1.01. The molecule has 0 aliphatic carbocycles. The van der Waals surface area contributed by atoms with Crippen molar-refractivity contribution in [1.82, 2.24) is 5.32 Å². The summed E-state index contributed by atoms with van der Waals surface area (Å²) in [5.41, 5.74) is 0.528. The third-order valence-corrected chi connectivity index (χ3v) is 1.88. The first-order chi connectivity index (χ1) is 7.27. The summed E-state index contributed by atoms with van der Waals surface area (Å²) in [5, 5.41) is 2.63. The van der Waals surface area contributed by atoms with E-state index in [4.69, 9.17) is 4.74 Å². The minimum absolute atomic E-state index is 0.198. The highest BCUT2D eigenvalue weighted by molar-refractivity contribution is 5.94. The second-order valence-electron chi connectivity index (χ2n) is 2.94. The lowest BCUT2D eigenvalue weighted by Crippen LogP contribution is -2.24. The number of carbonyl (C=O) groups excluding carboxylic acids is 2. The summed E-state index contributed by atoms with van der Waals surface area (Å²) >= 11 is 0. The Labute approximate surface area is 88.2 Å². The fraction of sp³-hybridized carbons (Fsp3) is 0.273. The SMILES string of the molecule is COc1cccc(C(=O)NCCC=O)c1. The average molecular weight is 207 g/mol. The molecule has 0 aliphatic rings. The lowest BCUT2D eigenvalue weighted by Gasteiger charge is -2.04. The van der Waals surface area contributed by atoms with Crippen LogP contribution >= 0.6 is 0 Å². The zero-order valence-corrected chi connectivity index (χ0v) is 8.53. The van der Waals surface area contributed by atoms with E-state index in [1.54, 1.807) is 31.4 Å². The molecule has 0 aliphatic heterocycles. The molecule has 0 heterocycles. The second kappa shape index (κ2) is 5.80. The predicted molar refractivity (Wildman–Crippen MR) is 56.0 cm³/mol. The van der Waals surface area contributed by atoms with E-state index in [9.17, 15) is 9.59 Å². The lowest BCUT2D eigenvalue weighted by molar-refractivity contribution is -0.107. The molecule has 0 spiro atoms. The van der Waals surface area contributed by atoms with Crippen molar-refractivity contribution in [3.8, 4) is 5.75 Å². The normalized spacial score (nSPS) is 9.40. The van der Waals surface area contributed by atoms with Crippen molar-refractivity contribution in [2.75, 3.05) is 13.7 Å². The van der Waals surface area contributed by atoms with Crippen molar-refractivity contribution in [2.45, 2.75) is 6.42 Å². The van der Waals surface area contributed by atoms with Crippen LogP contribution in [0, 0.1) is 0 Å². The Morgan fingerprint density at radius 1 is 1.53 bits per heavy atom. The fourth-order valence-corrected chi connectivity index (χ4v) is 1.11. The highest BCUT2D eigenvalue weighted by Crippen LogP contribution is 2.12. The third kappa shape index (κ3) is 3.42. The molecule has 15 heavy (non-hydrogen) atoms. The first kappa shape index (κ1) is 11.2. The molecule has 0 aromatic heterocycles. The molecule has 0 radical (unpaired) electrons. The molecular weight excluding hydrogens is 194 g/mol. The van der Waals surface area contributed by atoms with Crippen LogP contribution in [0.3, 0.4) is 0 Å². The summed E-state index contributed by atoms with van der Waals surface area (Å²) in [7, 11) is 1.55. The molecule has 1 amide bonds. The van der Waals surface area contributed by atoms with Crippen LogP contribution in [-0.4, -0.2) is 25.8 Å². The lowest BCUT2D eigenvalue weighted by atomic mass is 10.2. The maximum absolute atomic E-state index is 11.5. The van der Waals surface area contributed by atoms with Gasteiger partial charge in [-0.05, 0) is 18.2 Å². The number of amides is 1. The number of nitrogens with one attached hydrogen (secondary N) is 1. The highest BCUT2D eigenvalue weighted by Gasteiger charge is 2.04. The Bertz CT molecular complexity index is 349. The summed E-state index contributed by atoms with van der Waals surface area (Å²) in [6, 6.07) is 6.85. The van der Waals surface area contributed by atoms with Crippen LogP contribution in [0.2, 0.25) is 0 Å². The van der Waals surface area contributed by atoms with Gasteiger partial charge in [0.05, 0.1) is 7.11 Å². The molecule has 1 aromatic rings. The van der Waals surface area contributed by atoms with Gasteiger partial charge in [0.25, 0.3) is 5.91 Å². The monoisotopic (exact) mass is 207 g/mol. The first-order valence-electron chi connectivity index (χ1n) is 4.64. The maximum atomic E-state index is 11.5. The van der Waals surface area contributed by atoms with Crippen LogP contribution in [0.5, 0.6) is 5.75 Å². The number of ether oxygens (including phenoxy) is 1. The van der Waals surface area contributed by atoms with Gasteiger partial charge in [0.2, 0.25) is 0 Å². The molecule has 0 fully saturated rings. The van der Waals surface area contributed by atoms with Gasteiger partial charge in [0, 0.05) is 18.5 Å². The Morgan fingerprint density at radius 2 is 2.33 bits per heavy atom. The van der Waals surface area contributed by atoms with Crippen molar-refractivity contribution >= 4 is 12.2 Å². The number of carbonyl (C=O) groups is 2. The Kier molecular flexibility index (Phi) is 4.34. The molecule has 4 heteroatoms. The molecule has 1 N–H and O–H groups in total. The largest absolute Gasteiger partial charge is 0.497 e. The molecule has 1 aromatic carbocycles. The van der Waals surface area contributed by atoms with E-state index >= 15 is 0 Å². The van der Waals surface area contributed by atoms with E-state index in [-0.39, 0.29) is 5.91 Å². The molecular formula is C11H13NO3. The summed E-state index contributed by atoms with van der Waals surface area (Å²) in [6.45, 7) is 0.361. The van der Waals surface area contributed by atoms with E-state index in [1.165, 1.54) is 0 Å². The van der Waals surface area contributed by atoms with Gasteiger partial charge in [0.15, 0.2) is 0 Å². The first-order valence-corrected chi connectivity index (χ1v) is 4.64. The quantitative estimate of drug-likeness (QED) is 0.579. The molecule has 0 bridgehead atoms. The van der Waals surface area contributed by atoms with Crippen molar-refractivity contribution in [2.24, 2.45) is 0 Å². The number of methoxy groups -OCH3 is 1.